The lowest BCUT2D eigenvalue weighted by atomic mass is 10.1. The number of nitrogens with one attached hydrogen (secondary N) is 1. The lowest BCUT2D eigenvalue weighted by molar-refractivity contribution is -0.149. The minimum absolute atomic E-state index is 0.129. The first-order chi connectivity index (χ1) is 7.63. The molecule has 0 saturated carbocycles. The third kappa shape index (κ3) is 4.21. The molecule has 16 heavy (non-hydrogen) atoms. The summed E-state index contributed by atoms with van der Waals surface area (Å²) >= 11 is 5.54. The summed E-state index contributed by atoms with van der Waals surface area (Å²) in [7, 11) is 0. The second kappa shape index (κ2) is 6.51. The van der Waals surface area contributed by atoms with Crippen LogP contribution in [0.4, 0.5) is 0 Å². The molecule has 1 rings (SSSR count). The Balaban J connectivity index is 2.58. The van der Waals surface area contributed by atoms with Crippen LogP contribution < -0.4 is 4.84 Å². The topological polar surface area (TPSA) is 38.3 Å². The maximum atomic E-state index is 11.6. The van der Waals surface area contributed by atoms with E-state index in [1.54, 1.807) is 0 Å². The molecule has 0 amide bonds. The first-order valence-electron chi connectivity index (χ1n) is 5.24. The van der Waals surface area contributed by atoms with Crippen LogP contribution >= 0.6 is 11.8 Å². The van der Waals surface area contributed by atoms with Crippen molar-refractivity contribution in [2.75, 3.05) is 0 Å². The van der Waals surface area contributed by atoms with E-state index in [1.807, 2.05) is 44.2 Å². The third-order valence-electron chi connectivity index (χ3n) is 2.05. The normalized spacial score (nSPS) is 12.5. The summed E-state index contributed by atoms with van der Waals surface area (Å²) in [5, 5.41) is 0. The van der Waals surface area contributed by atoms with Crippen LogP contribution in [0, 0.1) is 0 Å². The summed E-state index contributed by atoms with van der Waals surface area (Å²) in [6, 6.07) is 9.17. The van der Waals surface area contributed by atoms with Crippen molar-refractivity contribution in [3.8, 4) is 0 Å². The van der Waals surface area contributed by atoms with Crippen molar-refractivity contribution in [3.05, 3.63) is 35.9 Å². The number of benzene rings is 1. The monoisotopic (exact) mass is 241 g/mol. The molecule has 0 saturated heterocycles. The van der Waals surface area contributed by atoms with Crippen molar-refractivity contribution in [3.63, 3.8) is 0 Å². The lowest BCUT2D eigenvalue weighted by Crippen LogP contribution is -2.36. The van der Waals surface area contributed by atoms with Gasteiger partial charge in [-0.05, 0) is 37.6 Å². The molecule has 0 fully saturated rings. The van der Waals surface area contributed by atoms with Gasteiger partial charge in [0.25, 0.3) is 0 Å². The van der Waals surface area contributed by atoms with Gasteiger partial charge in [-0.2, -0.15) is 0 Å². The van der Waals surface area contributed by atoms with Gasteiger partial charge < -0.3 is 4.74 Å². The minimum Gasteiger partial charge on any atom is -0.462 e. The molecular formula is C12H16ClNO2. The zero-order chi connectivity index (χ0) is 12.0. The quantitative estimate of drug-likeness (QED) is 0.635. The molecule has 1 N–H and O–H groups in total. The molecule has 88 valence electrons. The largest absolute Gasteiger partial charge is 0.462 e. The number of carbonyl (C=O) groups is 1. The summed E-state index contributed by atoms with van der Waals surface area (Å²) < 4.78 is 5.09. The van der Waals surface area contributed by atoms with E-state index >= 15 is 0 Å². The fourth-order valence-electron chi connectivity index (χ4n) is 1.33. The zero-order valence-corrected chi connectivity index (χ0v) is 10.2. The second-order valence-electron chi connectivity index (χ2n) is 3.84. The van der Waals surface area contributed by atoms with Gasteiger partial charge in [0.15, 0.2) is 0 Å². The van der Waals surface area contributed by atoms with Gasteiger partial charge in [-0.1, -0.05) is 30.3 Å². The molecule has 3 nitrogen and oxygen atoms in total. The molecule has 1 atom stereocenters. The Labute approximate surface area is 101 Å². The maximum absolute atomic E-state index is 11.6. The molecule has 0 heterocycles. The highest BCUT2D eigenvalue weighted by Gasteiger charge is 2.20. The Bertz CT molecular complexity index is 327. The fraction of sp³-hybridized carbons (Fsp3) is 0.417. The van der Waals surface area contributed by atoms with Crippen molar-refractivity contribution in [2.45, 2.75) is 32.4 Å². The summed E-state index contributed by atoms with van der Waals surface area (Å²) in [5.74, 6) is -0.325. The van der Waals surface area contributed by atoms with Crippen LogP contribution in [-0.4, -0.2) is 18.1 Å². The van der Waals surface area contributed by atoms with Gasteiger partial charge in [0, 0.05) is 0 Å². The Morgan fingerprint density at radius 3 is 2.50 bits per heavy atom. The van der Waals surface area contributed by atoms with Crippen molar-refractivity contribution in [1.82, 2.24) is 4.84 Å². The van der Waals surface area contributed by atoms with Crippen molar-refractivity contribution < 1.29 is 9.53 Å². The number of rotatable bonds is 5. The van der Waals surface area contributed by atoms with Crippen LogP contribution in [0.1, 0.15) is 19.4 Å². The standard InChI is InChI=1S/C12H16ClNO2/c1-9(2)16-12(15)11(14-13)8-10-6-4-3-5-7-10/h3-7,9,11,14H,8H2,1-2H3. The Morgan fingerprint density at radius 2 is 2.00 bits per heavy atom. The van der Waals surface area contributed by atoms with Crippen molar-refractivity contribution >= 4 is 17.7 Å². The van der Waals surface area contributed by atoms with Crippen molar-refractivity contribution in [2.24, 2.45) is 0 Å². The van der Waals surface area contributed by atoms with Crippen LogP contribution in [0.15, 0.2) is 30.3 Å². The minimum atomic E-state index is -0.508. The van der Waals surface area contributed by atoms with Gasteiger partial charge in [-0.25, -0.2) is 4.84 Å². The van der Waals surface area contributed by atoms with E-state index in [1.165, 1.54) is 0 Å². The number of ether oxygens (including phenoxy) is 1. The van der Waals surface area contributed by atoms with E-state index in [-0.39, 0.29) is 12.1 Å². The van der Waals surface area contributed by atoms with E-state index in [0.717, 1.165) is 5.56 Å². The molecule has 0 bridgehead atoms. The fourth-order valence-corrected chi connectivity index (χ4v) is 1.50. The van der Waals surface area contributed by atoms with Crippen LogP contribution in [0.25, 0.3) is 0 Å². The molecule has 1 unspecified atom stereocenters. The Kier molecular flexibility index (Phi) is 5.29. The number of hydrogen-bond donors (Lipinski definition) is 1. The smallest absolute Gasteiger partial charge is 0.324 e. The predicted molar refractivity (Wildman–Crippen MR) is 64.2 cm³/mol. The second-order valence-corrected chi connectivity index (χ2v) is 4.06. The average molecular weight is 242 g/mol. The summed E-state index contributed by atoms with van der Waals surface area (Å²) in [5.41, 5.74) is 1.04. The van der Waals surface area contributed by atoms with Gasteiger partial charge in [0.05, 0.1) is 6.10 Å². The summed E-state index contributed by atoms with van der Waals surface area (Å²) in [4.78, 5) is 14.1. The van der Waals surface area contributed by atoms with E-state index < -0.39 is 6.04 Å². The molecule has 0 aromatic heterocycles. The SMILES string of the molecule is CC(C)OC(=O)C(Cc1ccccc1)NCl. The number of esters is 1. The maximum Gasteiger partial charge on any atom is 0.324 e. The highest BCUT2D eigenvalue weighted by atomic mass is 35.5. The Morgan fingerprint density at radius 1 is 1.38 bits per heavy atom. The van der Waals surface area contributed by atoms with Crippen molar-refractivity contribution in [1.29, 1.82) is 0 Å². The average Bonchev–Trinajstić information content (AvgIpc) is 2.26. The van der Waals surface area contributed by atoms with Crippen LogP contribution in [0.3, 0.4) is 0 Å². The van der Waals surface area contributed by atoms with E-state index in [4.69, 9.17) is 16.5 Å². The zero-order valence-electron chi connectivity index (χ0n) is 9.44. The van der Waals surface area contributed by atoms with E-state index in [0.29, 0.717) is 6.42 Å². The molecule has 0 radical (unpaired) electrons. The number of halogens is 1. The Hall–Kier alpha value is -1.06. The predicted octanol–water partition coefficient (Wildman–Crippen LogP) is 2.29. The molecule has 0 aliphatic rings. The van der Waals surface area contributed by atoms with Gasteiger partial charge in [0.2, 0.25) is 0 Å². The number of carbonyl (C=O) groups excluding carboxylic acids is 1. The van der Waals surface area contributed by atoms with Crippen LogP contribution in [0.5, 0.6) is 0 Å². The highest BCUT2D eigenvalue weighted by Crippen LogP contribution is 2.06. The molecule has 0 aliphatic carbocycles. The van der Waals surface area contributed by atoms with Crippen LogP contribution in [0.2, 0.25) is 0 Å². The first-order valence-corrected chi connectivity index (χ1v) is 5.62. The van der Waals surface area contributed by atoms with Gasteiger partial charge in [0.1, 0.15) is 6.04 Å². The summed E-state index contributed by atoms with van der Waals surface area (Å²) in [6.45, 7) is 3.62. The molecule has 4 heteroatoms. The molecule has 0 spiro atoms. The first kappa shape index (κ1) is 13.0. The third-order valence-corrected chi connectivity index (χ3v) is 2.31. The van der Waals surface area contributed by atoms with E-state index in [9.17, 15) is 4.79 Å². The van der Waals surface area contributed by atoms with Gasteiger partial charge >= 0.3 is 5.97 Å². The van der Waals surface area contributed by atoms with Gasteiger partial charge in [-0.3, -0.25) is 4.79 Å². The molecule has 1 aromatic rings. The molecule has 1 aromatic carbocycles. The van der Waals surface area contributed by atoms with Gasteiger partial charge in [-0.15, -0.1) is 0 Å². The molecule has 0 aliphatic heterocycles. The highest BCUT2D eigenvalue weighted by molar-refractivity contribution is 6.14. The van der Waals surface area contributed by atoms with Crippen LogP contribution in [-0.2, 0) is 16.0 Å². The summed E-state index contributed by atoms with van der Waals surface area (Å²) in [6.07, 6.45) is 0.395. The molecular weight excluding hydrogens is 226 g/mol. The number of hydrogen-bond acceptors (Lipinski definition) is 3. The van der Waals surface area contributed by atoms with E-state index in [2.05, 4.69) is 4.84 Å². The lowest BCUT2D eigenvalue weighted by Gasteiger charge is -2.15.